The summed E-state index contributed by atoms with van der Waals surface area (Å²) < 4.78 is 5.22. The van der Waals surface area contributed by atoms with Gasteiger partial charge in [-0.25, -0.2) is 4.79 Å². The molecule has 7 N–H and O–H groups in total. The van der Waals surface area contributed by atoms with Gasteiger partial charge in [0.05, 0.1) is 29.8 Å². The Balaban J connectivity index is 1.87. The molecule has 0 aliphatic heterocycles. The van der Waals surface area contributed by atoms with E-state index in [0.717, 1.165) is 0 Å². The van der Waals surface area contributed by atoms with Crippen LogP contribution in [0.1, 0.15) is 62.5 Å². The Morgan fingerprint density at radius 1 is 1.14 bits per heavy atom. The molecule has 1 aromatic carbocycles. The van der Waals surface area contributed by atoms with Gasteiger partial charge >= 0.3 is 6.09 Å². The van der Waals surface area contributed by atoms with Gasteiger partial charge < -0.3 is 26.4 Å². The number of nitrogens with one attached hydrogen (secondary N) is 1. The van der Waals surface area contributed by atoms with E-state index in [2.05, 4.69) is 5.32 Å². The molecule has 2 fully saturated rings. The first-order chi connectivity index (χ1) is 19.7. The van der Waals surface area contributed by atoms with E-state index in [1.807, 2.05) is 20.8 Å². The average Bonchev–Trinajstić information content (AvgIpc) is 2.85. The maximum Gasteiger partial charge on any atom is 0.411 e. The first-order valence-electron chi connectivity index (χ1n) is 14.0. The topological polar surface area (TPSA) is 219 Å². The molecular weight excluding hydrogens is 560 g/mol. The van der Waals surface area contributed by atoms with Crippen molar-refractivity contribution in [1.82, 2.24) is 4.90 Å². The van der Waals surface area contributed by atoms with E-state index in [1.165, 1.54) is 32.0 Å². The van der Waals surface area contributed by atoms with Crippen molar-refractivity contribution in [3.05, 3.63) is 22.8 Å². The van der Waals surface area contributed by atoms with Gasteiger partial charge in [-0.2, -0.15) is 0 Å². The van der Waals surface area contributed by atoms with Crippen LogP contribution >= 0.6 is 0 Å². The molecule has 1 aromatic rings. The molecule has 2 unspecified atom stereocenters. The van der Waals surface area contributed by atoms with Gasteiger partial charge in [0.1, 0.15) is 5.75 Å². The summed E-state index contributed by atoms with van der Waals surface area (Å²) in [6.45, 7) is 8.64. The Labute approximate surface area is 249 Å². The number of carbonyl (C=O) groups is 6. The number of ketones is 4. The van der Waals surface area contributed by atoms with Crippen molar-refractivity contribution < 1.29 is 43.7 Å². The second kappa shape index (κ2) is 10.2. The summed E-state index contributed by atoms with van der Waals surface area (Å²) in [7, 11) is 3.04. The number of nitrogens with two attached hydrogens (primary N) is 2. The Kier molecular flexibility index (Phi) is 7.65. The first kappa shape index (κ1) is 32.2. The number of Topliss-reactive ketones (excluding diaryl/α,β-unsaturated/α-hetero) is 4. The molecule has 0 heterocycles. The molecule has 13 nitrogen and oxygen atoms in total. The van der Waals surface area contributed by atoms with Crippen molar-refractivity contribution in [2.75, 3.05) is 26.0 Å². The van der Waals surface area contributed by atoms with Crippen molar-refractivity contribution >= 4 is 40.8 Å². The number of hydrogen-bond donors (Lipinski definition) is 5. The highest BCUT2D eigenvalue weighted by Gasteiger charge is 2.76. The highest BCUT2D eigenvalue weighted by Crippen LogP contribution is 2.62. The van der Waals surface area contributed by atoms with Gasteiger partial charge in [-0.3, -0.25) is 34.2 Å². The minimum absolute atomic E-state index is 0.0206. The van der Waals surface area contributed by atoms with Crippen molar-refractivity contribution in [3.63, 3.8) is 0 Å². The minimum Gasteiger partial charge on any atom is -0.505 e. The van der Waals surface area contributed by atoms with E-state index < -0.39 is 75.2 Å². The number of phenolic OH excluding ortho intramolecular Hbond substituents is 1. The van der Waals surface area contributed by atoms with Gasteiger partial charge in [0.25, 0.3) is 0 Å². The fourth-order valence-electron chi connectivity index (χ4n) is 7.57. The summed E-state index contributed by atoms with van der Waals surface area (Å²) in [4.78, 5) is 81.9. The molecule has 0 radical (unpaired) electrons. The number of amides is 2. The summed E-state index contributed by atoms with van der Waals surface area (Å²) in [6.07, 6.45) is -1.01. The van der Waals surface area contributed by atoms with Crippen LogP contribution in [0.15, 0.2) is 6.07 Å². The Bertz CT molecular complexity index is 1460. The van der Waals surface area contributed by atoms with Crippen molar-refractivity contribution in [2.45, 2.75) is 65.6 Å². The second-order valence-corrected chi connectivity index (χ2v) is 14.0. The van der Waals surface area contributed by atoms with Crippen molar-refractivity contribution in [2.24, 2.45) is 39.5 Å². The Hall–Kier alpha value is -3.68. The number of phenols is 1. The van der Waals surface area contributed by atoms with Gasteiger partial charge in [-0.05, 0) is 55.0 Å². The van der Waals surface area contributed by atoms with Crippen LogP contribution in [0.5, 0.6) is 5.75 Å². The minimum atomic E-state index is -2.91. The molecule has 3 aliphatic rings. The zero-order valence-electron chi connectivity index (χ0n) is 25.5. The maximum absolute atomic E-state index is 14.3. The predicted octanol–water partition coefficient (Wildman–Crippen LogP) is 0.701. The highest BCUT2D eigenvalue weighted by molar-refractivity contribution is 6.33. The van der Waals surface area contributed by atoms with Crippen LogP contribution in [0.4, 0.5) is 10.5 Å². The number of primary amides is 1. The maximum atomic E-state index is 14.3. The number of hydrogen-bond acceptors (Lipinski definition) is 11. The molecule has 0 spiro atoms. The molecule has 6 atom stereocenters. The van der Waals surface area contributed by atoms with E-state index in [1.54, 1.807) is 6.92 Å². The fourth-order valence-corrected chi connectivity index (χ4v) is 7.57. The van der Waals surface area contributed by atoms with E-state index in [0.29, 0.717) is 11.1 Å². The molecule has 3 aliphatic carbocycles. The molecule has 0 saturated heterocycles. The van der Waals surface area contributed by atoms with Crippen LogP contribution < -0.4 is 16.8 Å². The number of carbonyl (C=O) groups excluding carboxylic acids is 6. The molecule has 43 heavy (non-hydrogen) atoms. The van der Waals surface area contributed by atoms with Crippen LogP contribution in [-0.2, 0) is 36.9 Å². The molecule has 2 amide bonds. The van der Waals surface area contributed by atoms with Crippen molar-refractivity contribution in [3.8, 4) is 5.75 Å². The smallest absolute Gasteiger partial charge is 0.411 e. The molecule has 234 valence electrons. The monoisotopic (exact) mass is 600 g/mol. The lowest BCUT2D eigenvalue weighted by Gasteiger charge is -2.61. The SMILES string of the molecule is CN(C)[C@@H]1C(=O)C(C(N)=O)C(=O)[C@@]2(O)C(=O)C3C(=O)c4c(O)c(NC(=O)OCC(C)(C)C)cc(CN)c4C[C@@]3(C)C[C@@]12C. The zero-order valence-corrected chi connectivity index (χ0v) is 25.5. The lowest BCUT2D eigenvalue weighted by molar-refractivity contribution is -0.203. The van der Waals surface area contributed by atoms with Gasteiger partial charge in [0.2, 0.25) is 5.91 Å². The number of ether oxygens (including phenoxy) is 1. The first-order valence-corrected chi connectivity index (χ1v) is 14.0. The molecule has 0 bridgehead atoms. The number of nitrogens with zero attached hydrogens (tertiary/aromatic N) is 1. The zero-order chi connectivity index (χ0) is 32.6. The van der Waals surface area contributed by atoms with Crippen LogP contribution in [0.25, 0.3) is 0 Å². The standard InChI is InChI=1S/C30H40N4O9/c1-27(2,3)12-43-26(41)33-15-8-13(10-31)14-9-28(4)11-29(5)22(34(6)7)21(37)17(25(32)40)23(38)30(29,42)24(39)18(28)20(36)16(14)19(15)35/h8,17-18,22,35,42H,9-12,31H2,1-7H3,(H2,32,40)(H,33,41)/t17?,18?,22-,28+,29+,30-/m1/s1. The van der Waals surface area contributed by atoms with Gasteiger partial charge in [0.15, 0.2) is 34.7 Å². The average molecular weight is 601 g/mol. The third-order valence-corrected chi connectivity index (χ3v) is 9.17. The summed E-state index contributed by atoms with van der Waals surface area (Å²) in [5.41, 5.74) is 5.55. The normalized spacial score (nSPS) is 32.2. The van der Waals surface area contributed by atoms with Gasteiger partial charge in [0, 0.05) is 12.0 Å². The van der Waals surface area contributed by atoms with Crippen LogP contribution in [0, 0.1) is 28.1 Å². The van der Waals surface area contributed by atoms with E-state index in [-0.39, 0.29) is 42.7 Å². The van der Waals surface area contributed by atoms with Crippen molar-refractivity contribution in [1.29, 1.82) is 0 Å². The molecule has 4 rings (SSSR count). The number of rotatable bonds is 5. The Morgan fingerprint density at radius 3 is 2.26 bits per heavy atom. The molecule has 2 saturated carbocycles. The fraction of sp³-hybridized carbons (Fsp3) is 0.600. The van der Waals surface area contributed by atoms with E-state index in [9.17, 15) is 39.0 Å². The Morgan fingerprint density at radius 2 is 1.74 bits per heavy atom. The van der Waals surface area contributed by atoms with E-state index >= 15 is 0 Å². The largest absolute Gasteiger partial charge is 0.505 e. The number of fused-ring (bicyclic) bond motifs is 3. The quantitative estimate of drug-likeness (QED) is 0.234. The third kappa shape index (κ3) is 4.64. The van der Waals surface area contributed by atoms with Crippen LogP contribution in [0.3, 0.4) is 0 Å². The number of likely N-dealkylation sites (N-methyl/N-ethyl adjacent to an activating group) is 1. The lowest BCUT2D eigenvalue weighted by Crippen LogP contribution is -2.79. The van der Waals surface area contributed by atoms with Crippen LogP contribution in [-0.4, -0.2) is 82.6 Å². The number of aliphatic hydroxyl groups is 1. The summed E-state index contributed by atoms with van der Waals surface area (Å²) in [6, 6.07) is 0.166. The summed E-state index contributed by atoms with van der Waals surface area (Å²) in [5.74, 6) is -9.90. The molecular formula is C30H40N4O9. The van der Waals surface area contributed by atoms with E-state index in [4.69, 9.17) is 16.2 Å². The molecule has 13 heteroatoms. The highest BCUT2D eigenvalue weighted by atomic mass is 16.5. The van der Waals surface area contributed by atoms with Gasteiger partial charge in [-0.1, -0.05) is 34.6 Å². The predicted molar refractivity (Wildman–Crippen MR) is 153 cm³/mol. The summed E-state index contributed by atoms with van der Waals surface area (Å²) >= 11 is 0. The number of anilines is 1. The van der Waals surface area contributed by atoms with Gasteiger partial charge in [-0.15, -0.1) is 0 Å². The number of benzene rings is 1. The second-order valence-electron chi connectivity index (χ2n) is 14.0. The third-order valence-electron chi connectivity index (χ3n) is 9.17. The van der Waals surface area contributed by atoms with Crippen LogP contribution in [0.2, 0.25) is 0 Å². The summed E-state index contributed by atoms with van der Waals surface area (Å²) in [5, 5.41) is 25.7. The number of aromatic hydroxyl groups is 1. The lowest BCUT2D eigenvalue weighted by atomic mass is 9.42. The molecule has 0 aromatic heterocycles.